The fourth-order valence-corrected chi connectivity index (χ4v) is 1.22. The summed E-state index contributed by atoms with van der Waals surface area (Å²) in [6.07, 6.45) is 2.51. The summed E-state index contributed by atoms with van der Waals surface area (Å²) >= 11 is 0. The molecule has 0 bridgehead atoms. The molecule has 0 amide bonds. The van der Waals surface area contributed by atoms with Gasteiger partial charge in [0.1, 0.15) is 6.07 Å². The number of nitriles is 1. The highest BCUT2D eigenvalue weighted by Crippen LogP contribution is 2.22. The minimum Gasteiger partial charge on any atom is -0.454 e. The number of hydrogen-bond acceptors (Lipinski definition) is 4. The number of rotatable bonds is 1. The lowest BCUT2D eigenvalue weighted by molar-refractivity contribution is 0.0882. The molecule has 4 nitrogen and oxygen atoms in total. The molecule has 1 fully saturated rings. The van der Waals surface area contributed by atoms with Gasteiger partial charge in [0.2, 0.25) is 5.76 Å². The average Bonchev–Trinajstić information content (AvgIpc) is 2.75. The Morgan fingerprint density at radius 3 is 3.00 bits per heavy atom. The van der Waals surface area contributed by atoms with Gasteiger partial charge in [-0.3, -0.25) is 0 Å². The number of nitrogens with one attached hydrogen (secondary N) is 1. The van der Waals surface area contributed by atoms with E-state index in [1.54, 1.807) is 12.3 Å². The lowest BCUT2D eigenvalue weighted by atomic mass is 10.1. The largest absolute Gasteiger partial charge is 0.454 e. The summed E-state index contributed by atoms with van der Waals surface area (Å²) in [7, 11) is 0. The molecule has 0 unspecified atom stereocenters. The summed E-state index contributed by atoms with van der Waals surface area (Å²) in [4.78, 5) is 4.98. The summed E-state index contributed by atoms with van der Waals surface area (Å²) in [6, 6.07) is 3.84. The van der Waals surface area contributed by atoms with Crippen molar-refractivity contribution in [2.45, 2.75) is 12.5 Å². The van der Waals surface area contributed by atoms with E-state index in [0.717, 1.165) is 12.0 Å². The number of furan rings is 1. The molecule has 13 heavy (non-hydrogen) atoms. The van der Waals surface area contributed by atoms with Crippen molar-refractivity contribution < 1.29 is 9.25 Å². The van der Waals surface area contributed by atoms with Crippen molar-refractivity contribution in [2.75, 3.05) is 6.61 Å². The second-order valence-corrected chi connectivity index (χ2v) is 2.66. The molecule has 1 aromatic rings. The zero-order chi connectivity index (χ0) is 8.39. The lowest BCUT2D eigenvalue weighted by Gasteiger charge is -2.02. The van der Waals surface area contributed by atoms with Gasteiger partial charge < -0.3 is 9.25 Å². The molecule has 1 N–H and O–H groups in total. The van der Waals surface area contributed by atoms with Gasteiger partial charge in [0.05, 0.1) is 18.9 Å². The zero-order valence-corrected chi connectivity index (χ0v) is 7.63. The molecule has 1 atom stereocenters. The molecule has 0 aromatic carbocycles. The maximum absolute atomic E-state index is 8.50. The molecule has 0 saturated carbocycles. The van der Waals surface area contributed by atoms with Gasteiger partial charge in [0, 0.05) is 5.56 Å². The third-order valence-electron chi connectivity index (χ3n) is 1.87. The number of nitrogens with zero attached hydrogens (tertiary/aromatic N) is 1. The molecule has 1 aromatic heterocycles. The van der Waals surface area contributed by atoms with Crippen molar-refractivity contribution in [2.24, 2.45) is 0 Å². The maximum Gasteiger partial charge on any atom is 0.203 e. The van der Waals surface area contributed by atoms with Crippen LogP contribution in [0.2, 0.25) is 0 Å². The fraction of sp³-hybridized carbons (Fsp3) is 0.375. The molecule has 0 radical (unpaired) electrons. The minimum absolute atomic E-state index is 0. The third kappa shape index (κ3) is 2.01. The van der Waals surface area contributed by atoms with Crippen molar-refractivity contribution in [3.8, 4) is 6.07 Å². The van der Waals surface area contributed by atoms with Gasteiger partial charge in [-0.05, 0) is 12.5 Å². The van der Waals surface area contributed by atoms with Crippen LogP contribution in [0.3, 0.4) is 0 Å². The topological polar surface area (TPSA) is 58.2 Å². The van der Waals surface area contributed by atoms with Crippen molar-refractivity contribution in [3.63, 3.8) is 0 Å². The van der Waals surface area contributed by atoms with Crippen molar-refractivity contribution >= 4 is 12.4 Å². The molecule has 5 heteroatoms. The Kier molecular flexibility index (Phi) is 3.32. The Morgan fingerprint density at radius 1 is 1.62 bits per heavy atom. The smallest absolute Gasteiger partial charge is 0.203 e. The summed E-state index contributed by atoms with van der Waals surface area (Å²) in [5, 5.41) is 8.50. The van der Waals surface area contributed by atoms with Gasteiger partial charge in [-0.15, -0.1) is 12.4 Å². The predicted molar refractivity (Wildman–Crippen MR) is 47.1 cm³/mol. The first-order valence-electron chi connectivity index (χ1n) is 3.76. The highest BCUT2D eigenvalue weighted by atomic mass is 35.5. The SMILES string of the molecule is Cl.N#Cc1cc([C@@H]2CCON2)co1. The van der Waals surface area contributed by atoms with Gasteiger partial charge in [-0.2, -0.15) is 10.7 Å². The number of hydroxylamine groups is 1. The van der Waals surface area contributed by atoms with Crippen LogP contribution in [0, 0.1) is 11.3 Å². The predicted octanol–water partition coefficient (Wildman–Crippen LogP) is 1.54. The fourth-order valence-electron chi connectivity index (χ4n) is 1.22. The van der Waals surface area contributed by atoms with Gasteiger partial charge in [0.25, 0.3) is 0 Å². The quantitative estimate of drug-likeness (QED) is 0.747. The van der Waals surface area contributed by atoms with Gasteiger partial charge in [-0.25, -0.2) is 0 Å². The summed E-state index contributed by atoms with van der Waals surface area (Å²) < 4.78 is 4.97. The standard InChI is InChI=1S/C8H8N2O2.ClH/c9-4-7-3-6(5-11-7)8-1-2-12-10-8;/h3,5,8,10H,1-2H2;1H/t8-;/m0./s1. The molecule has 70 valence electrons. The second-order valence-electron chi connectivity index (χ2n) is 2.66. The van der Waals surface area contributed by atoms with E-state index in [1.807, 2.05) is 6.07 Å². The average molecular weight is 201 g/mol. The van der Waals surface area contributed by atoms with Crippen molar-refractivity contribution in [1.82, 2.24) is 5.48 Å². The van der Waals surface area contributed by atoms with Crippen LogP contribution in [0.4, 0.5) is 0 Å². The Bertz CT molecular complexity index is 312. The van der Waals surface area contributed by atoms with Crippen molar-refractivity contribution in [3.05, 3.63) is 23.7 Å². The molecule has 1 aliphatic rings. The maximum atomic E-state index is 8.50. The van der Waals surface area contributed by atoms with E-state index in [-0.39, 0.29) is 18.4 Å². The highest BCUT2D eigenvalue weighted by Gasteiger charge is 2.18. The lowest BCUT2D eigenvalue weighted by Crippen LogP contribution is -2.10. The van der Waals surface area contributed by atoms with E-state index >= 15 is 0 Å². The number of hydrogen-bond donors (Lipinski definition) is 1. The third-order valence-corrected chi connectivity index (χ3v) is 1.87. The normalized spacial score (nSPS) is 20.7. The van der Waals surface area contributed by atoms with Crippen LogP contribution in [0.5, 0.6) is 0 Å². The zero-order valence-electron chi connectivity index (χ0n) is 6.82. The Labute approximate surface area is 81.8 Å². The Morgan fingerprint density at radius 2 is 2.46 bits per heavy atom. The van der Waals surface area contributed by atoms with Crippen LogP contribution in [0.25, 0.3) is 0 Å². The Balaban J connectivity index is 0.000000845. The van der Waals surface area contributed by atoms with Crippen LogP contribution < -0.4 is 5.48 Å². The van der Waals surface area contributed by atoms with E-state index in [2.05, 4.69) is 5.48 Å². The van der Waals surface area contributed by atoms with Crippen LogP contribution in [-0.4, -0.2) is 6.61 Å². The van der Waals surface area contributed by atoms with Crippen LogP contribution in [-0.2, 0) is 4.84 Å². The molecule has 2 heterocycles. The van der Waals surface area contributed by atoms with Crippen LogP contribution >= 0.6 is 12.4 Å². The monoisotopic (exact) mass is 200 g/mol. The summed E-state index contributed by atoms with van der Waals surface area (Å²) in [6.45, 7) is 0.706. The van der Waals surface area contributed by atoms with Gasteiger partial charge in [0.15, 0.2) is 0 Å². The Hall–Kier alpha value is -1.02. The van der Waals surface area contributed by atoms with Crippen LogP contribution in [0.1, 0.15) is 23.8 Å². The van der Waals surface area contributed by atoms with Gasteiger partial charge >= 0.3 is 0 Å². The highest BCUT2D eigenvalue weighted by molar-refractivity contribution is 5.85. The van der Waals surface area contributed by atoms with Gasteiger partial charge in [-0.1, -0.05) is 0 Å². The van der Waals surface area contributed by atoms with E-state index in [0.29, 0.717) is 12.4 Å². The number of halogens is 1. The first kappa shape index (κ1) is 10.1. The molecule has 2 rings (SSSR count). The molecule has 1 aliphatic heterocycles. The first-order valence-corrected chi connectivity index (χ1v) is 3.76. The van der Waals surface area contributed by atoms with Crippen LogP contribution in [0.15, 0.2) is 16.7 Å². The second kappa shape index (κ2) is 4.28. The van der Waals surface area contributed by atoms with E-state index in [9.17, 15) is 0 Å². The van der Waals surface area contributed by atoms with E-state index in [4.69, 9.17) is 14.5 Å². The summed E-state index contributed by atoms with van der Waals surface area (Å²) in [5.41, 5.74) is 3.82. The minimum atomic E-state index is 0. The first-order chi connectivity index (χ1) is 5.90. The van der Waals surface area contributed by atoms with E-state index in [1.165, 1.54) is 0 Å². The van der Waals surface area contributed by atoms with Crippen molar-refractivity contribution in [1.29, 1.82) is 5.26 Å². The molecule has 0 spiro atoms. The molecular weight excluding hydrogens is 192 g/mol. The molecular formula is C8H9ClN2O2. The molecule has 0 aliphatic carbocycles. The van der Waals surface area contributed by atoms with E-state index < -0.39 is 0 Å². The summed E-state index contributed by atoms with van der Waals surface area (Å²) in [5.74, 6) is 0.346. The molecule has 1 saturated heterocycles.